The first-order chi connectivity index (χ1) is 10.1. The molecule has 2 rings (SSSR count). The van der Waals surface area contributed by atoms with Crippen LogP contribution in [-0.4, -0.2) is 30.1 Å². The van der Waals surface area contributed by atoms with Gasteiger partial charge in [0.05, 0.1) is 6.61 Å². The number of carboxylic acid groups (broad SMARTS) is 1. The van der Waals surface area contributed by atoms with Gasteiger partial charge in [0.1, 0.15) is 5.75 Å². The van der Waals surface area contributed by atoms with Gasteiger partial charge in [-0.05, 0) is 55.9 Å². The highest BCUT2D eigenvalue weighted by Crippen LogP contribution is 2.29. The fourth-order valence-electron chi connectivity index (χ4n) is 1.91. The van der Waals surface area contributed by atoms with E-state index in [-0.39, 0.29) is 12.3 Å². The number of amides is 1. The molecule has 0 spiro atoms. The average Bonchev–Trinajstić information content (AvgIpc) is 3.29. The molecule has 0 saturated heterocycles. The van der Waals surface area contributed by atoms with E-state index in [2.05, 4.69) is 5.32 Å². The highest BCUT2D eigenvalue weighted by Gasteiger charge is 2.21. The second kappa shape index (κ2) is 7.67. The Kier molecular flexibility index (Phi) is 5.60. The molecular weight excluding hydrogens is 270 g/mol. The first kappa shape index (κ1) is 15.4. The summed E-state index contributed by atoms with van der Waals surface area (Å²) in [6.07, 6.45) is 3.89. The second-order valence-electron chi connectivity index (χ2n) is 5.39. The molecule has 0 heterocycles. The van der Waals surface area contributed by atoms with E-state index in [0.29, 0.717) is 30.9 Å². The molecule has 1 fully saturated rings. The van der Waals surface area contributed by atoms with Crippen LogP contribution >= 0.6 is 0 Å². The van der Waals surface area contributed by atoms with Crippen molar-refractivity contribution in [3.8, 4) is 5.75 Å². The first-order valence-electron chi connectivity index (χ1n) is 7.38. The maximum absolute atomic E-state index is 11.9. The van der Waals surface area contributed by atoms with Crippen LogP contribution in [-0.2, 0) is 4.79 Å². The summed E-state index contributed by atoms with van der Waals surface area (Å²) < 4.78 is 5.61. The number of benzene rings is 1. The number of aliphatic carboxylic acids is 1. The molecule has 114 valence electrons. The van der Waals surface area contributed by atoms with Crippen molar-refractivity contribution in [3.63, 3.8) is 0 Å². The lowest BCUT2D eigenvalue weighted by molar-refractivity contribution is -0.137. The Morgan fingerprint density at radius 1 is 1.19 bits per heavy atom. The lowest BCUT2D eigenvalue weighted by atomic mass is 10.2. The van der Waals surface area contributed by atoms with Gasteiger partial charge in [-0.1, -0.05) is 0 Å². The van der Waals surface area contributed by atoms with Crippen LogP contribution in [0.3, 0.4) is 0 Å². The fraction of sp³-hybridized carbons (Fsp3) is 0.500. The molecule has 1 aromatic carbocycles. The van der Waals surface area contributed by atoms with Gasteiger partial charge >= 0.3 is 5.97 Å². The van der Waals surface area contributed by atoms with Crippen molar-refractivity contribution in [3.05, 3.63) is 29.8 Å². The third-order valence-electron chi connectivity index (χ3n) is 3.40. The number of carbonyl (C=O) groups is 2. The van der Waals surface area contributed by atoms with Gasteiger partial charge in [0.2, 0.25) is 0 Å². The van der Waals surface area contributed by atoms with E-state index in [1.54, 1.807) is 12.1 Å². The van der Waals surface area contributed by atoms with Gasteiger partial charge in [-0.2, -0.15) is 0 Å². The second-order valence-corrected chi connectivity index (χ2v) is 5.39. The van der Waals surface area contributed by atoms with Crippen molar-refractivity contribution >= 4 is 11.9 Å². The van der Waals surface area contributed by atoms with E-state index in [0.717, 1.165) is 12.4 Å². The van der Waals surface area contributed by atoms with E-state index in [9.17, 15) is 9.59 Å². The smallest absolute Gasteiger partial charge is 0.303 e. The molecule has 0 unspecified atom stereocenters. The highest BCUT2D eigenvalue weighted by molar-refractivity contribution is 5.94. The molecule has 0 aromatic heterocycles. The van der Waals surface area contributed by atoms with Gasteiger partial charge in [0, 0.05) is 18.5 Å². The summed E-state index contributed by atoms with van der Waals surface area (Å²) in [4.78, 5) is 22.2. The topological polar surface area (TPSA) is 75.6 Å². The minimum atomic E-state index is -0.803. The summed E-state index contributed by atoms with van der Waals surface area (Å²) >= 11 is 0. The minimum absolute atomic E-state index is 0.140. The number of hydrogen-bond donors (Lipinski definition) is 2. The highest BCUT2D eigenvalue weighted by atomic mass is 16.5. The van der Waals surface area contributed by atoms with Crippen molar-refractivity contribution in [2.75, 3.05) is 13.2 Å². The number of unbranched alkanes of at least 4 members (excludes halogenated alkanes) is 1. The molecule has 0 bridgehead atoms. The van der Waals surface area contributed by atoms with E-state index in [1.165, 1.54) is 12.8 Å². The van der Waals surface area contributed by atoms with Gasteiger partial charge < -0.3 is 15.2 Å². The van der Waals surface area contributed by atoms with E-state index in [1.807, 2.05) is 12.1 Å². The van der Waals surface area contributed by atoms with Crippen LogP contribution in [0.1, 0.15) is 42.5 Å². The monoisotopic (exact) mass is 291 g/mol. The Labute approximate surface area is 124 Å². The Morgan fingerprint density at radius 2 is 1.90 bits per heavy atom. The van der Waals surface area contributed by atoms with Gasteiger partial charge in [-0.25, -0.2) is 0 Å². The van der Waals surface area contributed by atoms with Crippen molar-refractivity contribution < 1.29 is 19.4 Å². The van der Waals surface area contributed by atoms with Gasteiger partial charge in [-0.3, -0.25) is 9.59 Å². The molecule has 5 heteroatoms. The Bertz CT molecular complexity index is 480. The van der Waals surface area contributed by atoms with Gasteiger partial charge in [0.25, 0.3) is 5.91 Å². The minimum Gasteiger partial charge on any atom is -0.493 e. The predicted molar refractivity (Wildman–Crippen MR) is 78.5 cm³/mol. The molecule has 5 nitrogen and oxygen atoms in total. The molecule has 1 amide bonds. The molecular formula is C16H21NO4. The number of nitrogens with one attached hydrogen (secondary N) is 1. The van der Waals surface area contributed by atoms with Crippen LogP contribution in [0.15, 0.2) is 24.3 Å². The SMILES string of the molecule is O=C(O)CCCCNC(=O)c1ccc(OCC2CC2)cc1. The third kappa shape index (κ3) is 5.85. The fourth-order valence-corrected chi connectivity index (χ4v) is 1.91. The number of hydrogen-bond acceptors (Lipinski definition) is 3. The van der Waals surface area contributed by atoms with Crippen LogP contribution in [0.25, 0.3) is 0 Å². The predicted octanol–water partition coefficient (Wildman–Crippen LogP) is 2.46. The van der Waals surface area contributed by atoms with Crippen molar-refractivity contribution in [1.82, 2.24) is 5.32 Å². The summed E-state index contributed by atoms with van der Waals surface area (Å²) in [5.41, 5.74) is 0.590. The van der Waals surface area contributed by atoms with Crippen LogP contribution < -0.4 is 10.1 Å². The average molecular weight is 291 g/mol. The van der Waals surface area contributed by atoms with E-state index >= 15 is 0 Å². The van der Waals surface area contributed by atoms with Gasteiger partial charge in [-0.15, -0.1) is 0 Å². The summed E-state index contributed by atoms with van der Waals surface area (Å²) in [5, 5.41) is 11.3. The Balaban J connectivity index is 1.67. The van der Waals surface area contributed by atoms with Crippen molar-refractivity contribution in [2.24, 2.45) is 5.92 Å². The molecule has 1 saturated carbocycles. The summed E-state index contributed by atoms with van der Waals surface area (Å²) in [6.45, 7) is 1.25. The normalized spacial score (nSPS) is 13.7. The third-order valence-corrected chi connectivity index (χ3v) is 3.40. The zero-order chi connectivity index (χ0) is 15.1. The molecule has 0 atom stereocenters. The Hall–Kier alpha value is -2.04. The zero-order valence-corrected chi connectivity index (χ0v) is 12.0. The number of carboxylic acids is 1. The summed E-state index contributed by atoms with van der Waals surface area (Å²) in [5.74, 6) is 0.556. The number of rotatable bonds is 9. The van der Waals surface area contributed by atoms with E-state index in [4.69, 9.17) is 9.84 Å². The lowest BCUT2D eigenvalue weighted by Crippen LogP contribution is -2.24. The molecule has 1 aliphatic rings. The molecule has 2 N–H and O–H groups in total. The van der Waals surface area contributed by atoms with E-state index < -0.39 is 5.97 Å². The number of ether oxygens (including phenoxy) is 1. The van der Waals surface area contributed by atoms with Crippen LogP contribution in [0.4, 0.5) is 0 Å². The van der Waals surface area contributed by atoms with Crippen LogP contribution in [0.5, 0.6) is 5.75 Å². The molecule has 1 aromatic rings. The first-order valence-corrected chi connectivity index (χ1v) is 7.38. The summed E-state index contributed by atoms with van der Waals surface area (Å²) in [6, 6.07) is 7.10. The summed E-state index contributed by atoms with van der Waals surface area (Å²) in [7, 11) is 0. The standard InChI is InChI=1S/C16H21NO4/c18-15(19)3-1-2-10-17-16(20)13-6-8-14(9-7-13)21-11-12-4-5-12/h6-9,12H,1-5,10-11H2,(H,17,20)(H,18,19). The van der Waals surface area contributed by atoms with Gasteiger partial charge in [0.15, 0.2) is 0 Å². The zero-order valence-electron chi connectivity index (χ0n) is 12.0. The number of carbonyl (C=O) groups excluding carboxylic acids is 1. The quantitative estimate of drug-likeness (QED) is 0.685. The molecule has 1 aliphatic carbocycles. The van der Waals surface area contributed by atoms with Crippen LogP contribution in [0, 0.1) is 5.92 Å². The lowest BCUT2D eigenvalue weighted by Gasteiger charge is -2.07. The molecule has 21 heavy (non-hydrogen) atoms. The molecule has 0 radical (unpaired) electrons. The van der Waals surface area contributed by atoms with Crippen molar-refractivity contribution in [2.45, 2.75) is 32.1 Å². The largest absolute Gasteiger partial charge is 0.493 e. The maximum Gasteiger partial charge on any atom is 0.303 e. The Morgan fingerprint density at radius 3 is 2.52 bits per heavy atom. The maximum atomic E-state index is 11.9. The van der Waals surface area contributed by atoms with Crippen molar-refractivity contribution in [1.29, 1.82) is 0 Å². The molecule has 0 aliphatic heterocycles. The van der Waals surface area contributed by atoms with Crippen LogP contribution in [0.2, 0.25) is 0 Å².